The fourth-order valence-corrected chi connectivity index (χ4v) is 3.90. The minimum absolute atomic E-state index is 0.493. The van der Waals surface area contributed by atoms with Crippen LogP contribution in [0.1, 0.15) is 10.4 Å². The van der Waals surface area contributed by atoms with Crippen molar-refractivity contribution in [1.82, 2.24) is 24.6 Å². The molecule has 0 radical (unpaired) electrons. The summed E-state index contributed by atoms with van der Waals surface area (Å²) in [7, 11) is 4.10. The van der Waals surface area contributed by atoms with Crippen molar-refractivity contribution in [1.29, 1.82) is 0 Å². The molecular weight excluding hydrogens is 404 g/mol. The van der Waals surface area contributed by atoms with Crippen molar-refractivity contribution in [2.45, 2.75) is 13.1 Å². The zero-order valence-corrected chi connectivity index (χ0v) is 17.8. The summed E-state index contributed by atoms with van der Waals surface area (Å²) in [6.45, 7) is 1.59. The van der Waals surface area contributed by atoms with E-state index in [4.69, 9.17) is 11.6 Å². The molecule has 3 aromatic heterocycles. The summed E-state index contributed by atoms with van der Waals surface area (Å²) in [6.07, 6.45) is 5.35. The molecule has 0 atom stereocenters. The second-order valence-corrected chi connectivity index (χ2v) is 8.40. The third-order valence-electron chi connectivity index (χ3n) is 4.23. The third kappa shape index (κ3) is 5.00. The number of thiophene rings is 1. The van der Waals surface area contributed by atoms with Gasteiger partial charge in [-0.3, -0.25) is 4.68 Å². The molecule has 4 aromatic rings. The van der Waals surface area contributed by atoms with Crippen LogP contribution in [0.5, 0.6) is 0 Å². The Morgan fingerprint density at radius 1 is 1.17 bits per heavy atom. The van der Waals surface area contributed by atoms with E-state index in [2.05, 4.69) is 48.9 Å². The Balaban J connectivity index is 1.54. The number of aromatic nitrogens is 4. The van der Waals surface area contributed by atoms with Gasteiger partial charge in [-0.15, -0.1) is 11.3 Å². The molecule has 1 aromatic carbocycles. The molecule has 4 rings (SSSR count). The first-order chi connectivity index (χ1) is 14.1. The molecular formula is C21H21ClN6S. The van der Waals surface area contributed by atoms with Crippen LogP contribution in [0.2, 0.25) is 5.02 Å². The van der Waals surface area contributed by atoms with Crippen LogP contribution in [0.3, 0.4) is 0 Å². The van der Waals surface area contributed by atoms with Crippen molar-refractivity contribution in [2.75, 3.05) is 19.4 Å². The highest BCUT2D eigenvalue weighted by Crippen LogP contribution is 2.27. The van der Waals surface area contributed by atoms with Gasteiger partial charge in [0, 0.05) is 28.9 Å². The van der Waals surface area contributed by atoms with E-state index in [1.165, 1.54) is 10.4 Å². The maximum Gasteiger partial charge on any atom is 0.227 e. The highest BCUT2D eigenvalue weighted by molar-refractivity contribution is 7.09. The second-order valence-electron chi connectivity index (χ2n) is 6.96. The predicted octanol–water partition coefficient (Wildman–Crippen LogP) is 4.91. The van der Waals surface area contributed by atoms with Crippen LogP contribution in [0.15, 0.2) is 60.4 Å². The van der Waals surface area contributed by atoms with Crippen molar-refractivity contribution in [3.05, 3.63) is 75.8 Å². The predicted molar refractivity (Wildman–Crippen MR) is 119 cm³/mol. The molecule has 0 spiro atoms. The average molecular weight is 425 g/mol. The highest BCUT2D eigenvalue weighted by atomic mass is 35.5. The Bertz CT molecular complexity index is 1090. The molecule has 0 aliphatic rings. The van der Waals surface area contributed by atoms with E-state index in [0.717, 1.165) is 24.3 Å². The van der Waals surface area contributed by atoms with Gasteiger partial charge in [0.15, 0.2) is 0 Å². The Kier molecular flexibility index (Phi) is 5.89. The van der Waals surface area contributed by atoms with Gasteiger partial charge >= 0.3 is 0 Å². The normalized spacial score (nSPS) is 11.2. The number of hydrogen-bond acceptors (Lipinski definition) is 6. The summed E-state index contributed by atoms with van der Waals surface area (Å²) in [5.74, 6) is 0.498. The maximum absolute atomic E-state index is 6.37. The van der Waals surface area contributed by atoms with Gasteiger partial charge in [-0.1, -0.05) is 29.8 Å². The number of anilines is 2. The molecule has 0 saturated heterocycles. The molecule has 1 N–H and O–H groups in total. The lowest BCUT2D eigenvalue weighted by Crippen LogP contribution is -2.10. The van der Waals surface area contributed by atoms with Crippen LogP contribution in [-0.4, -0.2) is 38.7 Å². The first kappa shape index (κ1) is 19.6. The van der Waals surface area contributed by atoms with Gasteiger partial charge in [0.25, 0.3) is 0 Å². The summed E-state index contributed by atoms with van der Waals surface area (Å²) < 4.78 is 1.89. The molecule has 0 unspecified atom stereocenters. The zero-order valence-electron chi connectivity index (χ0n) is 16.2. The summed E-state index contributed by atoms with van der Waals surface area (Å²) in [5.41, 5.74) is 3.67. The Morgan fingerprint density at radius 3 is 2.86 bits per heavy atom. The Hall–Kier alpha value is -2.74. The highest BCUT2D eigenvalue weighted by Gasteiger charge is 2.11. The summed E-state index contributed by atoms with van der Waals surface area (Å²) in [4.78, 5) is 12.3. The molecule has 3 heterocycles. The number of rotatable bonds is 7. The van der Waals surface area contributed by atoms with E-state index in [1.54, 1.807) is 23.7 Å². The SMILES string of the molecule is CN(C)Cc1cccc(Nc2ncc(Cl)c(-c3cnn(Cc4cccs4)c3)n2)c1. The third-order valence-corrected chi connectivity index (χ3v) is 5.37. The molecule has 0 saturated carbocycles. The Labute approximate surface area is 178 Å². The molecule has 148 valence electrons. The Morgan fingerprint density at radius 2 is 2.07 bits per heavy atom. The van der Waals surface area contributed by atoms with Gasteiger partial charge in [0.1, 0.15) is 0 Å². The molecule has 8 heteroatoms. The quantitative estimate of drug-likeness (QED) is 0.456. The average Bonchev–Trinajstić information content (AvgIpc) is 3.36. The standard InChI is InChI=1S/C21H21ClN6S/c1-27(2)12-15-5-3-6-17(9-15)25-21-23-11-19(22)20(26-21)16-10-24-28(13-16)14-18-7-4-8-29-18/h3-11,13H,12,14H2,1-2H3,(H,23,25,26). The fraction of sp³-hybridized carbons (Fsp3) is 0.190. The van der Waals surface area contributed by atoms with Crippen LogP contribution in [0, 0.1) is 0 Å². The smallest absolute Gasteiger partial charge is 0.227 e. The molecule has 0 bridgehead atoms. The molecule has 29 heavy (non-hydrogen) atoms. The molecule has 6 nitrogen and oxygen atoms in total. The maximum atomic E-state index is 6.37. The number of hydrogen-bond donors (Lipinski definition) is 1. The van der Waals surface area contributed by atoms with Crippen molar-refractivity contribution in [3.63, 3.8) is 0 Å². The largest absolute Gasteiger partial charge is 0.324 e. The van der Waals surface area contributed by atoms with E-state index in [9.17, 15) is 0 Å². The van der Waals surface area contributed by atoms with Gasteiger partial charge in [-0.05, 0) is 43.2 Å². The lowest BCUT2D eigenvalue weighted by Gasteiger charge is -2.12. The summed E-state index contributed by atoms with van der Waals surface area (Å²) >= 11 is 8.08. The van der Waals surface area contributed by atoms with Crippen molar-refractivity contribution in [2.24, 2.45) is 0 Å². The topological polar surface area (TPSA) is 58.9 Å². The number of benzene rings is 1. The van der Waals surface area contributed by atoms with Crippen LogP contribution in [0.4, 0.5) is 11.6 Å². The number of nitrogens with one attached hydrogen (secondary N) is 1. The minimum Gasteiger partial charge on any atom is -0.324 e. The summed E-state index contributed by atoms with van der Waals surface area (Å²) in [6, 6.07) is 12.3. The lowest BCUT2D eigenvalue weighted by molar-refractivity contribution is 0.402. The van der Waals surface area contributed by atoms with Gasteiger partial charge in [-0.2, -0.15) is 5.10 Å². The molecule has 0 aliphatic carbocycles. The van der Waals surface area contributed by atoms with E-state index >= 15 is 0 Å². The minimum atomic E-state index is 0.493. The van der Waals surface area contributed by atoms with E-state index < -0.39 is 0 Å². The van der Waals surface area contributed by atoms with Gasteiger partial charge in [0.2, 0.25) is 5.95 Å². The van der Waals surface area contributed by atoms with E-state index in [-0.39, 0.29) is 0 Å². The van der Waals surface area contributed by atoms with Gasteiger partial charge in [0.05, 0.1) is 29.7 Å². The number of halogens is 1. The van der Waals surface area contributed by atoms with Crippen LogP contribution in [0.25, 0.3) is 11.3 Å². The van der Waals surface area contributed by atoms with E-state index in [1.807, 2.05) is 43.2 Å². The lowest BCUT2D eigenvalue weighted by atomic mass is 10.2. The first-order valence-corrected chi connectivity index (χ1v) is 10.4. The summed E-state index contributed by atoms with van der Waals surface area (Å²) in [5, 5.41) is 10.3. The van der Waals surface area contributed by atoms with Crippen molar-refractivity contribution >= 4 is 34.6 Å². The van der Waals surface area contributed by atoms with Gasteiger partial charge in [-0.25, -0.2) is 9.97 Å². The second kappa shape index (κ2) is 8.73. The van der Waals surface area contributed by atoms with Crippen LogP contribution >= 0.6 is 22.9 Å². The van der Waals surface area contributed by atoms with Crippen molar-refractivity contribution < 1.29 is 0 Å². The van der Waals surface area contributed by atoms with Crippen molar-refractivity contribution in [3.8, 4) is 11.3 Å². The zero-order chi connectivity index (χ0) is 20.2. The van der Waals surface area contributed by atoms with E-state index in [0.29, 0.717) is 16.7 Å². The first-order valence-electron chi connectivity index (χ1n) is 9.15. The monoisotopic (exact) mass is 424 g/mol. The van der Waals surface area contributed by atoms with Crippen LogP contribution < -0.4 is 5.32 Å². The van der Waals surface area contributed by atoms with Crippen LogP contribution in [-0.2, 0) is 13.1 Å². The molecule has 0 fully saturated rings. The molecule has 0 amide bonds. The number of nitrogens with zero attached hydrogens (tertiary/aromatic N) is 5. The van der Waals surface area contributed by atoms with Gasteiger partial charge < -0.3 is 10.2 Å². The fourth-order valence-electron chi connectivity index (χ4n) is 3.01. The molecule has 0 aliphatic heterocycles.